The standard InChI is InChI=1S/C12H23N5O/c1-16-6-3-11(4-7-16)13-9-12-10-17(15-14-12)5-2-8-18/h10-11,13,18H,2-9H2,1H3. The van der Waals surface area contributed by atoms with Crippen LogP contribution in [0.1, 0.15) is 25.0 Å². The van der Waals surface area contributed by atoms with Gasteiger partial charge in [-0.25, -0.2) is 0 Å². The van der Waals surface area contributed by atoms with E-state index < -0.39 is 0 Å². The minimum absolute atomic E-state index is 0.197. The van der Waals surface area contributed by atoms with E-state index in [-0.39, 0.29) is 6.61 Å². The Morgan fingerprint density at radius 2 is 2.22 bits per heavy atom. The van der Waals surface area contributed by atoms with Crippen molar-refractivity contribution in [3.8, 4) is 0 Å². The summed E-state index contributed by atoms with van der Waals surface area (Å²) in [5, 5.41) is 20.5. The van der Waals surface area contributed by atoms with Crippen LogP contribution >= 0.6 is 0 Å². The highest BCUT2D eigenvalue weighted by Gasteiger charge is 2.16. The summed E-state index contributed by atoms with van der Waals surface area (Å²) < 4.78 is 1.79. The lowest BCUT2D eigenvalue weighted by Gasteiger charge is -2.29. The lowest BCUT2D eigenvalue weighted by Crippen LogP contribution is -2.40. The highest BCUT2D eigenvalue weighted by molar-refractivity contribution is 4.92. The van der Waals surface area contributed by atoms with E-state index >= 15 is 0 Å². The summed E-state index contributed by atoms with van der Waals surface area (Å²) in [5.41, 5.74) is 0.979. The van der Waals surface area contributed by atoms with Crippen LogP contribution in [0.5, 0.6) is 0 Å². The van der Waals surface area contributed by atoms with Crippen LogP contribution in [0.15, 0.2) is 6.20 Å². The Kier molecular flexibility index (Phi) is 5.10. The largest absolute Gasteiger partial charge is 0.396 e. The number of rotatable bonds is 6. The number of nitrogens with one attached hydrogen (secondary N) is 1. The fourth-order valence-corrected chi connectivity index (χ4v) is 2.22. The van der Waals surface area contributed by atoms with Crippen LogP contribution in [0.3, 0.4) is 0 Å². The van der Waals surface area contributed by atoms with Gasteiger partial charge in [0.25, 0.3) is 0 Å². The summed E-state index contributed by atoms with van der Waals surface area (Å²) in [5.74, 6) is 0. The molecular formula is C12H23N5O. The number of likely N-dealkylation sites (tertiary alicyclic amines) is 1. The van der Waals surface area contributed by atoms with Crippen molar-refractivity contribution in [2.45, 2.75) is 38.4 Å². The molecule has 0 unspecified atom stereocenters. The molecule has 0 aliphatic carbocycles. The highest BCUT2D eigenvalue weighted by atomic mass is 16.3. The van der Waals surface area contributed by atoms with Gasteiger partial charge >= 0.3 is 0 Å². The minimum Gasteiger partial charge on any atom is -0.396 e. The Morgan fingerprint density at radius 1 is 1.44 bits per heavy atom. The molecule has 0 atom stereocenters. The van der Waals surface area contributed by atoms with Gasteiger partial charge in [-0.15, -0.1) is 5.10 Å². The Hall–Kier alpha value is -0.980. The summed E-state index contributed by atoms with van der Waals surface area (Å²) in [6, 6.07) is 0.601. The first-order valence-corrected chi connectivity index (χ1v) is 6.69. The van der Waals surface area contributed by atoms with E-state index in [9.17, 15) is 0 Å². The second-order valence-electron chi connectivity index (χ2n) is 5.01. The number of nitrogens with zero attached hydrogens (tertiary/aromatic N) is 4. The topological polar surface area (TPSA) is 66.2 Å². The molecule has 1 aromatic rings. The van der Waals surface area contributed by atoms with Crippen LogP contribution in [0.2, 0.25) is 0 Å². The number of aliphatic hydroxyl groups excluding tert-OH is 1. The quantitative estimate of drug-likeness (QED) is 0.738. The Labute approximate surface area is 108 Å². The molecule has 2 rings (SSSR count). The van der Waals surface area contributed by atoms with Crippen molar-refractivity contribution in [1.82, 2.24) is 25.2 Å². The third-order valence-corrected chi connectivity index (χ3v) is 3.42. The molecule has 0 amide bonds. The summed E-state index contributed by atoms with van der Waals surface area (Å²) >= 11 is 0. The fourth-order valence-electron chi connectivity index (χ4n) is 2.22. The Bertz CT molecular complexity index is 346. The van der Waals surface area contributed by atoms with Crippen LogP contribution in [0, 0.1) is 0 Å². The molecule has 6 heteroatoms. The smallest absolute Gasteiger partial charge is 0.0964 e. The van der Waals surface area contributed by atoms with Crippen LogP contribution < -0.4 is 5.32 Å². The van der Waals surface area contributed by atoms with Crippen molar-refractivity contribution >= 4 is 0 Å². The predicted octanol–water partition coefficient (Wildman–Crippen LogP) is -0.156. The van der Waals surface area contributed by atoms with Gasteiger partial charge in [-0.1, -0.05) is 5.21 Å². The minimum atomic E-state index is 0.197. The number of hydrogen-bond acceptors (Lipinski definition) is 5. The molecule has 2 heterocycles. The first-order valence-electron chi connectivity index (χ1n) is 6.69. The summed E-state index contributed by atoms with van der Waals surface area (Å²) in [4.78, 5) is 2.36. The van der Waals surface area contributed by atoms with Crippen molar-refractivity contribution in [3.63, 3.8) is 0 Å². The predicted molar refractivity (Wildman–Crippen MR) is 69.1 cm³/mol. The third-order valence-electron chi connectivity index (χ3n) is 3.42. The van der Waals surface area contributed by atoms with Gasteiger partial charge in [-0.05, 0) is 39.4 Å². The molecule has 0 aromatic carbocycles. The molecule has 6 nitrogen and oxygen atoms in total. The van der Waals surface area contributed by atoms with E-state index in [1.165, 1.54) is 25.9 Å². The maximum absolute atomic E-state index is 8.75. The molecule has 1 saturated heterocycles. The number of aliphatic hydroxyl groups is 1. The second-order valence-corrected chi connectivity index (χ2v) is 5.01. The van der Waals surface area contributed by atoms with Crippen LogP contribution in [-0.4, -0.2) is 57.8 Å². The van der Waals surface area contributed by atoms with Gasteiger partial charge in [0.15, 0.2) is 0 Å². The molecule has 1 aromatic heterocycles. The van der Waals surface area contributed by atoms with E-state index in [1.54, 1.807) is 4.68 Å². The van der Waals surface area contributed by atoms with E-state index in [2.05, 4.69) is 27.6 Å². The zero-order valence-corrected chi connectivity index (χ0v) is 11.0. The van der Waals surface area contributed by atoms with Crippen LogP contribution in [-0.2, 0) is 13.1 Å². The Morgan fingerprint density at radius 3 is 2.94 bits per heavy atom. The summed E-state index contributed by atoms with van der Waals surface area (Å²) in [6.45, 7) is 4.05. The normalized spacial score (nSPS) is 18.3. The molecule has 1 fully saturated rings. The van der Waals surface area contributed by atoms with Crippen molar-refractivity contribution in [3.05, 3.63) is 11.9 Å². The maximum Gasteiger partial charge on any atom is 0.0964 e. The molecule has 1 aliphatic heterocycles. The van der Waals surface area contributed by atoms with E-state index in [1.807, 2.05) is 6.20 Å². The summed E-state index contributed by atoms with van der Waals surface area (Å²) in [7, 11) is 2.17. The molecule has 0 spiro atoms. The molecular weight excluding hydrogens is 230 g/mol. The number of aryl methyl sites for hydroxylation is 1. The summed E-state index contributed by atoms with van der Waals surface area (Å²) in [6.07, 6.45) is 5.09. The average molecular weight is 253 g/mol. The molecule has 0 bridgehead atoms. The van der Waals surface area contributed by atoms with Crippen molar-refractivity contribution < 1.29 is 5.11 Å². The van der Waals surface area contributed by atoms with E-state index in [0.717, 1.165) is 25.2 Å². The Balaban J connectivity index is 1.71. The highest BCUT2D eigenvalue weighted by Crippen LogP contribution is 2.08. The lowest BCUT2D eigenvalue weighted by molar-refractivity contribution is 0.233. The van der Waals surface area contributed by atoms with Gasteiger partial charge in [0.05, 0.1) is 5.69 Å². The lowest BCUT2D eigenvalue weighted by atomic mass is 10.1. The molecule has 18 heavy (non-hydrogen) atoms. The number of hydrogen-bond donors (Lipinski definition) is 2. The third kappa shape index (κ3) is 4.04. The monoisotopic (exact) mass is 253 g/mol. The van der Waals surface area contributed by atoms with Crippen molar-refractivity contribution in [1.29, 1.82) is 0 Å². The van der Waals surface area contributed by atoms with Gasteiger partial charge < -0.3 is 15.3 Å². The van der Waals surface area contributed by atoms with Crippen LogP contribution in [0.4, 0.5) is 0 Å². The van der Waals surface area contributed by atoms with E-state index in [0.29, 0.717) is 6.04 Å². The SMILES string of the molecule is CN1CCC(NCc2cn(CCCO)nn2)CC1. The molecule has 1 aliphatic rings. The molecule has 0 saturated carbocycles. The number of piperidine rings is 1. The molecule has 102 valence electrons. The first kappa shape index (κ1) is 13.5. The zero-order chi connectivity index (χ0) is 12.8. The van der Waals surface area contributed by atoms with Gasteiger partial charge in [0.1, 0.15) is 0 Å². The molecule has 0 radical (unpaired) electrons. The average Bonchev–Trinajstić information content (AvgIpc) is 2.84. The van der Waals surface area contributed by atoms with Crippen molar-refractivity contribution in [2.75, 3.05) is 26.7 Å². The second kappa shape index (κ2) is 6.82. The fraction of sp³-hybridized carbons (Fsp3) is 0.833. The van der Waals surface area contributed by atoms with E-state index in [4.69, 9.17) is 5.11 Å². The zero-order valence-electron chi connectivity index (χ0n) is 11.0. The number of aromatic nitrogens is 3. The van der Waals surface area contributed by atoms with Gasteiger partial charge in [-0.2, -0.15) is 0 Å². The van der Waals surface area contributed by atoms with Gasteiger partial charge in [0, 0.05) is 31.9 Å². The maximum atomic E-state index is 8.75. The van der Waals surface area contributed by atoms with Crippen LogP contribution in [0.25, 0.3) is 0 Å². The van der Waals surface area contributed by atoms with Gasteiger partial charge in [-0.3, -0.25) is 4.68 Å². The first-order chi connectivity index (χ1) is 8.78. The van der Waals surface area contributed by atoms with Gasteiger partial charge in [0.2, 0.25) is 0 Å². The van der Waals surface area contributed by atoms with Crippen molar-refractivity contribution in [2.24, 2.45) is 0 Å². The molecule has 2 N–H and O–H groups in total.